The lowest BCUT2D eigenvalue weighted by Crippen LogP contribution is -2.05. The zero-order valence-electron chi connectivity index (χ0n) is 17.2. The molecule has 0 spiro atoms. The fourth-order valence-electron chi connectivity index (χ4n) is 2.91. The van der Waals surface area contributed by atoms with Crippen molar-refractivity contribution in [2.45, 2.75) is 13.0 Å². The topological polar surface area (TPSA) is 76.3 Å². The van der Waals surface area contributed by atoms with E-state index in [0.29, 0.717) is 6.54 Å². The van der Waals surface area contributed by atoms with Crippen molar-refractivity contribution in [3.8, 4) is 22.8 Å². The molecule has 4 aromatic rings. The van der Waals surface area contributed by atoms with Gasteiger partial charge >= 0.3 is 0 Å². The smallest absolute Gasteiger partial charge is 0.0894 e. The number of aliphatic imine (C=N–C) groups is 2. The van der Waals surface area contributed by atoms with Crippen molar-refractivity contribution in [2.24, 2.45) is 9.98 Å². The molecule has 0 aromatic carbocycles. The fraction of sp³-hybridized carbons (Fsp3) is 0.120. The van der Waals surface area contributed by atoms with Crippen molar-refractivity contribution >= 4 is 12.4 Å². The minimum absolute atomic E-state index is 0.0236. The van der Waals surface area contributed by atoms with E-state index in [2.05, 4.69) is 29.9 Å². The molecule has 0 aliphatic heterocycles. The number of pyridine rings is 4. The van der Waals surface area contributed by atoms with Crippen LogP contribution in [0.4, 0.5) is 0 Å². The Kier molecular flexibility index (Phi) is 6.60. The molecule has 0 amide bonds. The first-order chi connectivity index (χ1) is 15.3. The predicted octanol–water partition coefficient (Wildman–Crippen LogP) is 4.53. The zero-order valence-corrected chi connectivity index (χ0v) is 17.2. The molecule has 0 bridgehead atoms. The maximum Gasteiger partial charge on any atom is 0.0894 e. The summed E-state index contributed by atoms with van der Waals surface area (Å²) in [4.78, 5) is 27.0. The van der Waals surface area contributed by atoms with Gasteiger partial charge in [0.25, 0.3) is 0 Å². The predicted molar refractivity (Wildman–Crippen MR) is 124 cm³/mol. The standard InChI is InChI=1S/C25H22N6/c1-19(29-18-21-9-7-13-25(31-21)23-11-3-5-15-28-23)16-26-17-20-8-6-12-24(30-20)22-10-2-4-14-27-22/h2-15,17-19H,16H2,1H3. The zero-order chi connectivity index (χ0) is 21.3. The summed E-state index contributed by atoms with van der Waals surface area (Å²) in [6.07, 6.45) is 7.09. The van der Waals surface area contributed by atoms with Gasteiger partial charge in [0, 0.05) is 24.8 Å². The number of hydrogen-bond donors (Lipinski definition) is 0. The maximum atomic E-state index is 4.62. The monoisotopic (exact) mass is 406 g/mol. The molecular weight excluding hydrogens is 384 g/mol. The van der Waals surface area contributed by atoms with Gasteiger partial charge in [-0.15, -0.1) is 0 Å². The van der Waals surface area contributed by atoms with Crippen LogP contribution in [-0.4, -0.2) is 45.0 Å². The van der Waals surface area contributed by atoms with Gasteiger partial charge in [0.2, 0.25) is 0 Å². The molecule has 4 rings (SSSR count). The summed E-state index contributed by atoms with van der Waals surface area (Å²) >= 11 is 0. The van der Waals surface area contributed by atoms with Crippen molar-refractivity contribution < 1.29 is 0 Å². The first-order valence-corrected chi connectivity index (χ1v) is 10.1. The van der Waals surface area contributed by atoms with Crippen molar-refractivity contribution in [3.63, 3.8) is 0 Å². The Morgan fingerprint density at radius 2 is 1.23 bits per heavy atom. The van der Waals surface area contributed by atoms with Crippen LogP contribution in [0.25, 0.3) is 22.8 Å². The van der Waals surface area contributed by atoms with E-state index in [-0.39, 0.29) is 6.04 Å². The van der Waals surface area contributed by atoms with Crippen LogP contribution in [0.5, 0.6) is 0 Å². The molecule has 4 heterocycles. The largest absolute Gasteiger partial charge is 0.289 e. The molecule has 0 aliphatic carbocycles. The lowest BCUT2D eigenvalue weighted by atomic mass is 10.2. The van der Waals surface area contributed by atoms with Crippen LogP contribution in [0.15, 0.2) is 95.2 Å². The van der Waals surface area contributed by atoms with Crippen LogP contribution >= 0.6 is 0 Å². The van der Waals surface area contributed by atoms with Gasteiger partial charge in [-0.1, -0.05) is 24.3 Å². The van der Waals surface area contributed by atoms with Gasteiger partial charge in [-0.25, -0.2) is 9.97 Å². The average molecular weight is 406 g/mol. The molecule has 1 atom stereocenters. The second kappa shape index (κ2) is 10.1. The van der Waals surface area contributed by atoms with Gasteiger partial charge in [0.05, 0.1) is 46.8 Å². The van der Waals surface area contributed by atoms with E-state index in [4.69, 9.17) is 0 Å². The molecule has 0 saturated carbocycles. The van der Waals surface area contributed by atoms with Crippen molar-refractivity contribution in [1.29, 1.82) is 0 Å². The third-order valence-electron chi connectivity index (χ3n) is 4.45. The normalized spacial score (nSPS) is 12.4. The first kappa shape index (κ1) is 20.2. The Bertz CT molecular complexity index is 1170. The molecule has 6 nitrogen and oxygen atoms in total. The van der Waals surface area contributed by atoms with E-state index in [1.165, 1.54) is 0 Å². The van der Waals surface area contributed by atoms with Gasteiger partial charge in [-0.2, -0.15) is 0 Å². The maximum absolute atomic E-state index is 4.62. The Morgan fingerprint density at radius 1 is 0.677 bits per heavy atom. The van der Waals surface area contributed by atoms with E-state index in [0.717, 1.165) is 34.2 Å². The van der Waals surface area contributed by atoms with Crippen LogP contribution in [0.3, 0.4) is 0 Å². The molecule has 6 heteroatoms. The van der Waals surface area contributed by atoms with E-state index in [1.807, 2.05) is 79.7 Å². The first-order valence-electron chi connectivity index (χ1n) is 10.1. The highest BCUT2D eigenvalue weighted by Crippen LogP contribution is 2.14. The summed E-state index contributed by atoms with van der Waals surface area (Å²) < 4.78 is 0. The number of rotatable bonds is 7. The molecule has 0 saturated heterocycles. The fourth-order valence-corrected chi connectivity index (χ4v) is 2.91. The second-order valence-corrected chi connectivity index (χ2v) is 6.95. The van der Waals surface area contributed by atoms with Crippen LogP contribution in [0.2, 0.25) is 0 Å². The summed E-state index contributed by atoms with van der Waals surface area (Å²) in [7, 11) is 0. The van der Waals surface area contributed by atoms with E-state index in [9.17, 15) is 0 Å². The molecular formula is C25H22N6. The summed E-state index contributed by atoms with van der Waals surface area (Å²) in [6, 6.07) is 23.2. The van der Waals surface area contributed by atoms with Gasteiger partial charge in [0.15, 0.2) is 0 Å². The lowest BCUT2D eigenvalue weighted by Gasteiger charge is -2.03. The third-order valence-corrected chi connectivity index (χ3v) is 4.45. The number of aromatic nitrogens is 4. The molecule has 31 heavy (non-hydrogen) atoms. The minimum Gasteiger partial charge on any atom is -0.289 e. The van der Waals surface area contributed by atoms with Gasteiger partial charge in [0.1, 0.15) is 0 Å². The summed E-state index contributed by atoms with van der Waals surface area (Å²) in [5, 5.41) is 0. The Labute approximate surface area is 181 Å². The molecule has 152 valence electrons. The molecule has 0 N–H and O–H groups in total. The van der Waals surface area contributed by atoms with Crippen LogP contribution in [0.1, 0.15) is 18.3 Å². The number of hydrogen-bond acceptors (Lipinski definition) is 6. The number of nitrogens with zero attached hydrogens (tertiary/aromatic N) is 6. The second-order valence-electron chi connectivity index (χ2n) is 6.95. The summed E-state index contributed by atoms with van der Waals surface area (Å²) in [5.41, 5.74) is 4.93. The van der Waals surface area contributed by atoms with Crippen molar-refractivity contribution in [2.75, 3.05) is 6.54 Å². The van der Waals surface area contributed by atoms with E-state index < -0.39 is 0 Å². The highest BCUT2D eigenvalue weighted by atomic mass is 14.9. The average Bonchev–Trinajstić information content (AvgIpc) is 2.84. The Hall–Kier alpha value is -4.06. The molecule has 0 aliphatic rings. The molecule has 0 fully saturated rings. The van der Waals surface area contributed by atoms with Gasteiger partial charge in [-0.05, 0) is 55.5 Å². The summed E-state index contributed by atoms with van der Waals surface area (Å²) in [5.74, 6) is 0. The van der Waals surface area contributed by atoms with E-state index in [1.54, 1.807) is 24.8 Å². The van der Waals surface area contributed by atoms with Crippen LogP contribution in [0, 0.1) is 0 Å². The highest BCUT2D eigenvalue weighted by Gasteiger charge is 2.02. The molecule has 0 radical (unpaired) electrons. The third kappa shape index (κ3) is 5.73. The van der Waals surface area contributed by atoms with Gasteiger partial charge < -0.3 is 0 Å². The lowest BCUT2D eigenvalue weighted by molar-refractivity contribution is 0.761. The minimum atomic E-state index is 0.0236. The van der Waals surface area contributed by atoms with Crippen molar-refractivity contribution in [1.82, 2.24) is 19.9 Å². The molecule has 1 unspecified atom stereocenters. The van der Waals surface area contributed by atoms with Crippen molar-refractivity contribution in [3.05, 3.63) is 96.6 Å². The summed E-state index contributed by atoms with van der Waals surface area (Å²) in [6.45, 7) is 2.58. The Balaban J connectivity index is 1.37. The Morgan fingerprint density at radius 3 is 1.77 bits per heavy atom. The van der Waals surface area contributed by atoms with Crippen LogP contribution < -0.4 is 0 Å². The van der Waals surface area contributed by atoms with Gasteiger partial charge in [-0.3, -0.25) is 20.0 Å². The molecule has 4 aromatic heterocycles. The van der Waals surface area contributed by atoms with E-state index >= 15 is 0 Å². The van der Waals surface area contributed by atoms with Crippen LogP contribution in [-0.2, 0) is 0 Å². The quantitative estimate of drug-likeness (QED) is 0.423. The highest BCUT2D eigenvalue weighted by molar-refractivity contribution is 5.79. The SMILES string of the molecule is CC(CN=Cc1cccc(-c2ccccn2)n1)N=Cc1cccc(-c2ccccn2)n1.